The second-order valence-electron chi connectivity index (χ2n) is 9.74. The first-order chi connectivity index (χ1) is 20.8. The summed E-state index contributed by atoms with van der Waals surface area (Å²) in [6.07, 6.45) is 2.19. The van der Waals surface area contributed by atoms with Crippen LogP contribution in [0, 0.1) is 0 Å². The fraction of sp³-hybridized carbons (Fsp3) is 0.312. The third-order valence-electron chi connectivity index (χ3n) is 7.09. The molecule has 0 aliphatic carbocycles. The summed E-state index contributed by atoms with van der Waals surface area (Å²) in [5, 5.41) is 7.85. The van der Waals surface area contributed by atoms with E-state index < -0.39 is 17.4 Å². The van der Waals surface area contributed by atoms with Crippen LogP contribution in [0.15, 0.2) is 71.4 Å². The highest BCUT2D eigenvalue weighted by Crippen LogP contribution is 2.34. The minimum Gasteiger partial charge on any atom is -0.468 e. The maximum Gasteiger partial charge on any atom is 0.328 e. The molecule has 4 heterocycles. The average Bonchev–Trinajstić information content (AvgIpc) is 3.72. The van der Waals surface area contributed by atoms with Crippen molar-refractivity contribution in [1.29, 1.82) is 0 Å². The van der Waals surface area contributed by atoms with Crippen LogP contribution in [-0.4, -0.2) is 44.1 Å². The van der Waals surface area contributed by atoms with Crippen LogP contribution in [0.3, 0.4) is 0 Å². The standard InChI is InChI=1S/C16H16ClNO2S.C9H8Cl2O2.C7H9NS/c1-20-16(19)15(12-4-2-3-5-13(12)17)18-8-6-14-11(10-18)7-9-21-14;1-13-9(12)8(11)6-4-2-3-5-7(6)10;1-3-8-5-6-2-4-9-7(1)6/h2-5,7,9,15H,6,8,10H2,1H3;2-5,8H,1H3;2,4,8H,1,3,5H2. The largest absolute Gasteiger partial charge is 0.468 e. The highest BCUT2D eigenvalue weighted by Gasteiger charge is 2.32. The van der Waals surface area contributed by atoms with E-state index in [1.54, 1.807) is 40.5 Å². The molecule has 6 nitrogen and oxygen atoms in total. The summed E-state index contributed by atoms with van der Waals surface area (Å²) in [5.41, 5.74) is 4.18. The number of halogens is 3. The molecule has 2 unspecified atom stereocenters. The highest BCUT2D eigenvalue weighted by molar-refractivity contribution is 7.10. The number of nitrogens with one attached hydrogen (secondary N) is 1. The van der Waals surface area contributed by atoms with Gasteiger partial charge in [0.1, 0.15) is 6.04 Å². The van der Waals surface area contributed by atoms with E-state index in [2.05, 4.69) is 37.8 Å². The first-order valence-electron chi connectivity index (χ1n) is 13.7. The zero-order valence-electron chi connectivity index (χ0n) is 23.9. The van der Waals surface area contributed by atoms with Crippen molar-refractivity contribution in [2.45, 2.75) is 37.4 Å². The van der Waals surface area contributed by atoms with Gasteiger partial charge in [-0.15, -0.1) is 34.3 Å². The summed E-state index contributed by atoms with van der Waals surface area (Å²) < 4.78 is 9.50. The van der Waals surface area contributed by atoms with Gasteiger partial charge in [0, 0.05) is 46.0 Å². The number of carbonyl (C=O) groups is 2. The molecule has 2 atom stereocenters. The minimum atomic E-state index is -0.835. The van der Waals surface area contributed by atoms with Gasteiger partial charge in [-0.05, 0) is 70.1 Å². The molecule has 0 saturated heterocycles. The molecule has 6 rings (SSSR count). The smallest absolute Gasteiger partial charge is 0.328 e. The molecule has 228 valence electrons. The lowest BCUT2D eigenvalue weighted by atomic mass is 10.0. The van der Waals surface area contributed by atoms with Crippen LogP contribution in [0.25, 0.3) is 0 Å². The van der Waals surface area contributed by atoms with Gasteiger partial charge in [-0.3, -0.25) is 9.69 Å². The van der Waals surface area contributed by atoms with Crippen LogP contribution in [0.5, 0.6) is 0 Å². The summed E-state index contributed by atoms with van der Waals surface area (Å²) in [4.78, 5) is 28.5. The molecule has 2 aliphatic heterocycles. The molecule has 0 bridgehead atoms. The maximum atomic E-state index is 12.3. The van der Waals surface area contributed by atoms with Gasteiger partial charge in [-0.1, -0.05) is 59.6 Å². The van der Waals surface area contributed by atoms with Crippen molar-refractivity contribution in [3.63, 3.8) is 0 Å². The molecule has 0 radical (unpaired) electrons. The number of hydrogen-bond acceptors (Lipinski definition) is 8. The summed E-state index contributed by atoms with van der Waals surface area (Å²) >= 11 is 21.6. The Morgan fingerprint density at radius 3 is 2.00 bits per heavy atom. The molecule has 2 aliphatic rings. The van der Waals surface area contributed by atoms with Gasteiger partial charge in [-0.25, -0.2) is 4.79 Å². The molecule has 0 fully saturated rings. The average molecular weight is 680 g/mol. The van der Waals surface area contributed by atoms with Gasteiger partial charge in [0.25, 0.3) is 0 Å². The molecular weight excluding hydrogens is 647 g/mol. The lowest BCUT2D eigenvalue weighted by Crippen LogP contribution is -2.38. The second kappa shape index (κ2) is 16.6. The number of benzene rings is 2. The van der Waals surface area contributed by atoms with Crippen LogP contribution in [0.2, 0.25) is 10.0 Å². The highest BCUT2D eigenvalue weighted by atomic mass is 35.5. The molecule has 1 N–H and O–H groups in total. The summed E-state index contributed by atoms with van der Waals surface area (Å²) in [6.45, 7) is 3.83. The second-order valence-corrected chi connectivity index (χ2v) is 13.0. The Morgan fingerprint density at radius 2 is 1.40 bits per heavy atom. The number of ether oxygens (including phenoxy) is 2. The molecule has 0 amide bonds. The van der Waals surface area contributed by atoms with E-state index in [1.807, 2.05) is 35.6 Å². The van der Waals surface area contributed by atoms with Gasteiger partial charge >= 0.3 is 11.9 Å². The molecule has 43 heavy (non-hydrogen) atoms. The monoisotopic (exact) mass is 678 g/mol. The third kappa shape index (κ3) is 8.82. The van der Waals surface area contributed by atoms with Crippen molar-refractivity contribution in [2.24, 2.45) is 0 Å². The molecule has 0 saturated carbocycles. The fourth-order valence-electron chi connectivity index (χ4n) is 4.85. The van der Waals surface area contributed by atoms with Crippen LogP contribution >= 0.6 is 57.5 Å². The third-order valence-corrected chi connectivity index (χ3v) is 10.2. The number of rotatable bonds is 5. The number of esters is 2. The molecule has 2 aromatic heterocycles. The lowest BCUT2D eigenvalue weighted by Gasteiger charge is -2.33. The molecule has 0 spiro atoms. The lowest BCUT2D eigenvalue weighted by molar-refractivity contribution is -0.147. The number of nitrogens with zero attached hydrogens (tertiary/aromatic N) is 1. The van der Waals surface area contributed by atoms with E-state index in [1.165, 1.54) is 36.6 Å². The van der Waals surface area contributed by atoms with E-state index in [4.69, 9.17) is 39.5 Å². The zero-order valence-corrected chi connectivity index (χ0v) is 27.8. The Morgan fingerprint density at radius 1 is 0.814 bits per heavy atom. The van der Waals surface area contributed by atoms with Crippen LogP contribution in [0.1, 0.15) is 43.4 Å². The van der Waals surface area contributed by atoms with E-state index in [0.717, 1.165) is 38.2 Å². The van der Waals surface area contributed by atoms with Crippen LogP contribution in [0.4, 0.5) is 0 Å². The summed E-state index contributed by atoms with van der Waals surface area (Å²) in [7, 11) is 2.71. The SMILES string of the molecule is COC(=O)C(Cl)c1ccccc1Cl.COC(=O)C(c1ccccc1Cl)N1CCc2sccc2C1.c1cc2c(s1)CCNC2. The minimum absolute atomic E-state index is 0.262. The number of hydrogen-bond donors (Lipinski definition) is 1. The van der Waals surface area contributed by atoms with E-state index >= 15 is 0 Å². The van der Waals surface area contributed by atoms with E-state index in [-0.39, 0.29) is 5.97 Å². The van der Waals surface area contributed by atoms with Crippen molar-refractivity contribution in [3.8, 4) is 0 Å². The number of alkyl halides is 1. The number of fused-ring (bicyclic) bond motifs is 2. The van der Waals surface area contributed by atoms with Crippen molar-refractivity contribution >= 4 is 69.4 Å². The first-order valence-corrected chi connectivity index (χ1v) is 16.6. The number of thiophene rings is 2. The van der Waals surface area contributed by atoms with E-state index in [0.29, 0.717) is 15.6 Å². The van der Waals surface area contributed by atoms with Crippen molar-refractivity contribution in [1.82, 2.24) is 10.2 Å². The zero-order chi connectivity index (χ0) is 30.8. The predicted octanol–water partition coefficient (Wildman–Crippen LogP) is 7.86. The van der Waals surface area contributed by atoms with Gasteiger partial charge in [0.05, 0.1) is 14.2 Å². The van der Waals surface area contributed by atoms with Crippen molar-refractivity contribution < 1.29 is 19.1 Å². The van der Waals surface area contributed by atoms with Crippen LogP contribution in [-0.2, 0) is 45.0 Å². The summed E-state index contributed by atoms with van der Waals surface area (Å²) in [6, 6.07) is 18.3. The molecule has 4 aromatic rings. The number of methoxy groups -OCH3 is 2. The Hall–Kier alpha value is -2.43. The maximum absolute atomic E-state index is 12.3. The normalized spacial score (nSPS) is 15.3. The predicted molar refractivity (Wildman–Crippen MR) is 176 cm³/mol. The van der Waals surface area contributed by atoms with Crippen molar-refractivity contribution in [3.05, 3.63) is 113 Å². The fourth-order valence-corrected chi connectivity index (χ4v) is 7.47. The Labute approximate surface area is 275 Å². The van der Waals surface area contributed by atoms with Crippen molar-refractivity contribution in [2.75, 3.05) is 27.3 Å². The van der Waals surface area contributed by atoms with Crippen LogP contribution < -0.4 is 5.32 Å². The molecule has 11 heteroatoms. The Kier molecular flexibility index (Phi) is 12.9. The first kappa shape index (κ1) is 33.5. The molecule has 2 aromatic carbocycles. The molecular formula is C32H33Cl3N2O4S2. The number of carbonyl (C=O) groups excluding carboxylic acids is 2. The van der Waals surface area contributed by atoms with E-state index in [9.17, 15) is 9.59 Å². The Bertz CT molecular complexity index is 1490. The van der Waals surface area contributed by atoms with Gasteiger partial charge in [0.15, 0.2) is 5.38 Å². The summed E-state index contributed by atoms with van der Waals surface area (Å²) in [5.74, 6) is -0.767. The van der Waals surface area contributed by atoms with Gasteiger partial charge in [0.2, 0.25) is 0 Å². The van der Waals surface area contributed by atoms with Gasteiger partial charge < -0.3 is 14.8 Å². The quantitative estimate of drug-likeness (QED) is 0.171. The Balaban J connectivity index is 0.000000163. The topological polar surface area (TPSA) is 67.9 Å². The van der Waals surface area contributed by atoms with Gasteiger partial charge in [-0.2, -0.15) is 0 Å².